The van der Waals surface area contributed by atoms with E-state index >= 15 is 0 Å². The molecule has 0 saturated carbocycles. The summed E-state index contributed by atoms with van der Waals surface area (Å²) in [7, 11) is 1.56. The topological polar surface area (TPSA) is 67.4 Å². The van der Waals surface area contributed by atoms with Gasteiger partial charge >= 0.3 is 0 Å². The molecule has 0 spiro atoms. The maximum Gasteiger partial charge on any atom is 0.272 e. The van der Waals surface area contributed by atoms with Gasteiger partial charge in [0.2, 0.25) is 5.95 Å². The van der Waals surface area contributed by atoms with E-state index in [1.54, 1.807) is 30.2 Å². The van der Waals surface area contributed by atoms with Gasteiger partial charge in [-0.3, -0.25) is 4.79 Å². The van der Waals surface area contributed by atoms with E-state index < -0.39 is 0 Å². The number of halogens is 1. The summed E-state index contributed by atoms with van der Waals surface area (Å²) in [6.07, 6.45) is 0. The first-order valence-electron chi connectivity index (χ1n) is 7.74. The standard InChI is InChI=1S/C17H21ClN4O2/c1-5-22(6-2)16(23)14-9-11(3)19-17(21-14)20-12-7-8-15(24-4)13(18)10-12/h7-10H,5-6H2,1-4H3,(H,19,20,21). The normalized spacial score (nSPS) is 10.4. The van der Waals surface area contributed by atoms with Gasteiger partial charge in [0.05, 0.1) is 12.1 Å². The molecule has 0 aliphatic heterocycles. The Balaban J connectivity index is 2.28. The van der Waals surface area contributed by atoms with Crippen LogP contribution in [-0.2, 0) is 0 Å². The molecule has 0 bridgehead atoms. The summed E-state index contributed by atoms with van der Waals surface area (Å²) in [5.74, 6) is 0.831. The van der Waals surface area contributed by atoms with Crippen molar-refractivity contribution in [3.05, 3.63) is 40.7 Å². The van der Waals surface area contributed by atoms with Crippen molar-refractivity contribution in [3.63, 3.8) is 0 Å². The number of anilines is 2. The van der Waals surface area contributed by atoms with E-state index in [-0.39, 0.29) is 5.91 Å². The quantitative estimate of drug-likeness (QED) is 0.862. The van der Waals surface area contributed by atoms with Gasteiger partial charge in [0.1, 0.15) is 11.4 Å². The molecule has 1 heterocycles. The Morgan fingerprint density at radius 2 is 1.96 bits per heavy atom. The molecule has 0 aliphatic carbocycles. The molecule has 7 heteroatoms. The summed E-state index contributed by atoms with van der Waals surface area (Å²) < 4.78 is 5.13. The van der Waals surface area contributed by atoms with Gasteiger partial charge in [-0.25, -0.2) is 9.97 Å². The molecular formula is C17H21ClN4O2. The average Bonchev–Trinajstić information content (AvgIpc) is 2.55. The highest BCUT2D eigenvalue weighted by Crippen LogP contribution is 2.28. The predicted molar refractivity (Wildman–Crippen MR) is 95.3 cm³/mol. The smallest absolute Gasteiger partial charge is 0.272 e. The number of ether oxygens (including phenoxy) is 1. The summed E-state index contributed by atoms with van der Waals surface area (Å²) in [4.78, 5) is 22.8. The fourth-order valence-corrected chi connectivity index (χ4v) is 2.54. The Morgan fingerprint density at radius 1 is 1.25 bits per heavy atom. The van der Waals surface area contributed by atoms with E-state index in [9.17, 15) is 4.79 Å². The molecule has 24 heavy (non-hydrogen) atoms. The lowest BCUT2D eigenvalue weighted by molar-refractivity contribution is 0.0767. The van der Waals surface area contributed by atoms with Crippen molar-refractivity contribution in [1.82, 2.24) is 14.9 Å². The van der Waals surface area contributed by atoms with Gasteiger partial charge in [-0.1, -0.05) is 11.6 Å². The Hall–Kier alpha value is -2.34. The second-order valence-corrected chi connectivity index (χ2v) is 5.58. The van der Waals surface area contributed by atoms with E-state index in [0.717, 1.165) is 0 Å². The highest BCUT2D eigenvalue weighted by molar-refractivity contribution is 6.32. The van der Waals surface area contributed by atoms with Crippen LogP contribution in [0.1, 0.15) is 30.0 Å². The van der Waals surface area contributed by atoms with Crippen LogP contribution in [0.4, 0.5) is 11.6 Å². The lowest BCUT2D eigenvalue weighted by Crippen LogP contribution is -2.31. The summed E-state index contributed by atoms with van der Waals surface area (Å²) >= 11 is 6.12. The molecule has 1 aromatic heterocycles. The van der Waals surface area contributed by atoms with Gasteiger partial charge in [-0.15, -0.1) is 0 Å². The maximum absolute atomic E-state index is 12.5. The van der Waals surface area contributed by atoms with Crippen LogP contribution in [0.25, 0.3) is 0 Å². The number of aryl methyl sites for hydroxylation is 1. The van der Waals surface area contributed by atoms with E-state index in [4.69, 9.17) is 16.3 Å². The Morgan fingerprint density at radius 3 is 2.54 bits per heavy atom. The lowest BCUT2D eigenvalue weighted by atomic mass is 10.3. The minimum Gasteiger partial charge on any atom is -0.495 e. The van der Waals surface area contributed by atoms with Crippen LogP contribution in [-0.4, -0.2) is 41.0 Å². The van der Waals surface area contributed by atoms with Crippen molar-refractivity contribution < 1.29 is 9.53 Å². The van der Waals surface area contributed by atoms with E-state index in [1.165, 1.54) is 0 Å². The first-order valence-corrected chi connectivity index (χ1v) is 8.11. The van der Waals surface area contributed by atoms with Crippen molar-refractivity contribution in [2.45, 2.75) is 20.8 Å². The Bertz CT molecular complexity index is 733. The Labute approximate surface area is 146 Å². The largest absolute Gasteiger partial charge is 0.495 e. The zero-order chi connectivity index (χ0) is 17.7. The van der Waals surface area contributed by atoms with Crippen molar-refractivity contribution in [1.29, 1.82) is 0 Å². The second-order valence-electron chi connectivity index (χ2n) is 5.17. The van der Waals surface area contributed by atoms with Gasteiger partial charge in [0, 0.05) is 24.5 Å². The van der Waals surface area contributed by atoms with Crippen LogP contribution in [0, 0.1) is 6.92 Å². The first-order chi connectivity index (χ1) is 11.5. The molecular weight excluding hydrogens is 328 g/mol. The van der Waals surface area contributed by atoms with Crippen LogP contribution in [0.5, 0.6) is 5.75 Å². The highest BCUT2D eigenvalue weighted by Gasteiger charge is 2.16. The van der Waals surface area contributed by atoms with E-state index in [1.807, 2.05) is 26.8 Å². The zero-order valence-electron chi connectivity index (χ0n) is 14.3. The van der Waals surface area contributed by atoms with E-state index in [0.29, 0.717) is 46.9 Å². The van der Waals surface area contributed by atoms with Crippen molar-refractivity contribution >= 4 is 29.1 Å². The molecule has 0 radical (unpaired) electrons. The fraction of sp³-hybridized carbons (Fsp3) is 0.353. The number of methoxy groups -OCH3 is 1. The first kappa shape index (κ1) is 18.0. The summed E-state index contributed by atoms with van der Waals surface area (Å²) in [5, 5.41) is 3.56. The highest BCUT2D eigenvalue weighted by atomic mass is 35.5. The average molecular weight is 349 g/mol. The molecule has 128 valence electrons. The number of hydrogen-bond donors (Lipinski definition) is 1. The molecule has 2 aromatic rings. The summed E-state index contributed by atoms with van der Waals surface area (Å²) in [5.41, 5.74) is 1.79. The SMILES string of the molecule is CCN(CC)C(=O)c1cc(C)nc(Nc2ccc(OC)c(Cl)c2)n1. The lowest BCUT2D eigenvalue weighted by Gasteiger charge is -2.18. The van der Waals surface area contributed by atoms with Crippen LogP contribution in [0.3, 0.4) is 0 Å². The van der Waals surface area contributed by atoms with Crippen molar-refractivity contribution in [2.75, 3.05) is 25.5 Å². The van der Waals surface area contributed by atoms with Crippen molar-refractivity contribution in [3.8, 4) is 5.75 Å². The van der Waals surface area contributed by atoms with Gasteiger partial charge in [-0.05, 0) is 45.0 Å². The van der Waals surface area contributed by atoms with Gasteiger partial charge < -0.3 is 15.0 Å². The molecule has 0 aliphatic rings. The molecule has 0 saturated heterocycles. The van der Waals surface area contributed by atoms with Crippen LogP contribution < -0.4 is 10.1 Å². The molecule has 1 aromatic carbocycles. The molecule has 0 atom stereocenters. The van der Waals surface area contributed by atoms with Crippen molar-refractivity contribution in [2.24, 2.45) is 0 Å². The number of carbonyl (C=O) groups excluding carboxylic acids is 1. The molecule has 0 unspecified atom stereocenters. The number of rotatable bonds is 6. The summed E-state index contributed by atoms with van der Waals surface area (Å²) in [6, 6.07) is 6.97. The summed E-state index contributed by atoms with van der Waals surface area (Å²) in [6.45, 7) is 6.97. The third-order valence-electron chi connectivity index (χ3n) is 3.53. The predicted octanol–water partition coefficient (Wildman–Crippen LogP) is 3.67. The number of carbonyl (C=O) groups is 1. The third-order valence-corrected chi connectivity index (χ3v) is 3.83. The van der Waals surface area contributed by atoms with Gasteiger partial charge in [0.25, 0.3) is 5.91 Å². The maximum atomic E-state index is 12.5. The second kappa shape index (κ2) is 7.97. The monoisotopic (exact) mass is 348 g/mol. The molecule has 1 amide bonds. The molecule has 6 nitrogen and oxygen atoms in total. The third kappa shape index (κ3) is 4.14. The number of benzene rings is 1. The molecule has 0 fully saturated rings. The van der Waals surface area contributed by atoms with Gasteiger partial charge in [-0.2, -0.15) is 0 Å². The number of nitrogens with one attached hydrogen (secondary N) is 1. The number of aromatic nitrogens is 2. The minimum atomic E-state index is -0.110. The fourth-order valence-electron chi connectivity index (χ4n) is 2.28. The number of hydrogen-bond acceptors (Lipinski definition) is 5. The van der Waals surface area contributed by atoms with Crippen LogP contribution in [0.2, 0.25) is 5.02 Å². The number of nitrogens with zero attached hydrogens (tertiary/aromatic N) is 3. The number of amides is 1. The minimum absolute atomic E-state index is 0.110. The zero-order valence-corrected chi connectivity index (χ0v) is 15.0. The molecule has 2 rings (SSSR count). The van der Waals surface area contributed by atoms with Crippen LogP contribution >= 0.6 is 11.6 Å². The van der Waals surface area contributed by atoms with Crippen LogP contribution in [0.15, 0.2) is 24.3 Å². The van der Waals surface area contributed by atoms with Gasteiger partial charge in [0.15, 0.2) is 0 Å². The molecule has 1 N–H and O–H groups in total. The van der Waals surface area contributed by atoms with E-state index in [2.05, 4.69) is 15.3 Å². The Kier molecular flexibility index (Phi) is 5.98.